The number of hydrogen-bond acceptors (Lipinski definition) is 4. The molecular weight excluding hydrogens is 266 g/mol. The van der Waals surface area contributed by atoms with E-state index in [0.29, 0.717) is 12.6 Å². The highest BCUT2D eigenvalue weighted by Gasteiger charge is 2.23. The maximum Gasteiger partial charge on any atom is 0.237 e. The van der Waals surface area contributed by atoms with Crippen LogP contribution < -0.4 is 5.32 Å². The molecule has 0 bridgehead atoms. The van der Waals surface area contributed by atoms with Gasteiger partial charge in [-0.1, -0.05) is 19.3 Å². The highest BCUT2D eigenvalue weighted by molar-refractivity contribution is 5.81. The van der Waals surface area contributed by atoms with Crippen molar-refractivity contribution in [2.45, 2.75) is 64.6 Å². The zero-order chi connectivity index (χ0) is 15.4. The van der Waals surface area contributed by atoms with Crippen LogP contribution in [0.25, 0.3) is 0 Å². The Labute approximate surface area is 126 Å². The van der Waals surface area contributed by atoms with Crippen LogP contribution in [0.5, 0.6) is 0 Å². The number of nitrogens with zero attached hydrogens (tertiary/aromatic N) is 4. The average molecular weight is 293 g/mol. The first-order valence-corrected chi connectivity index (χ1v) is 7.84. The number of aromatic nitrogens is 3. The van der Waals surface area contributed by atoms with E-state index in [0.717, 1.165) is 24.5 Å². The first-order valence-electron chi connectivity index (χ1n) is 7.84. The van der Waals surface area contributed by atoms with E-state index in [1.807, 2.05) is 37.4 Å². The maximum atomic E-state index is 12.3. The van der Waals surface area contributed by atoms with E-state index < -0.39 is 0 Å². The van der Waals surface area contributed by atoms with Gasteiger partial charge in [-0.2, -0.15) is 0 Å². The number of likely N-dealkylation sites (N-methyl/N-ethyl adjacent to an activating group) is 1. The Hall–Kier alpha value is -1.43. The lowest BCUT2D eigenvalue weighted by atomic mass is 9.95. The van der Waals surface area contributed by atoms with Crippen molar-refractivity contribution in [3.05, 3.63) is 11.6 Å². The zero-order valence-electron chi connectivity index (χ0n) is 13.6. The summed E-state index contributed by atoms with van der Waals surface area (Å²) in [5, 5.41) is 11.4. The first-order chi connectivity index (χ1) is 9.99. The summed E-state index contributed by atoms with van der Waals surface area (Å²) in [5.41, 5.74) is 0. The maximum absolute atomic E-state index is 12.3. The monoisotopic (exact) mass is 293 g/mol. The Balaban J connectivity index is 1.87. The molecule has 21 heavy (non-hydrogen) atoms. The zero-order valence-corrected chi connectivity index (χ0v) is 13.6. The fourth-order valence-electron chi connectivity index (χ4n) is 2.72. The molecule has 0 unspecified atom stereocenters. The molecule has 1 fully saturated rings. The molecule has 0 aliphatic heterocycles. The Morgan fingerprint density at radius 2 is 2.05 bits per heavy atom. The van der Waals surface area contributed by atoms with Gasteiger partial charge >= 0.3 is 0 Å². The summed E-state index contributed by atoms with van der Waals surface area (Å²) < 4.78 is 1.96. The standard InChI is InChI=1S/C15H27N5O/c1-11(15(21)16-13-8-6-5-7-9-13)19(3)10-14-18-17-12(2)20(14)4/h11,13H,5-10H2,1-4H3,(H,16,21)/t11-/m0/s1. The Kier molecular flexibility index (Phi) is 5.33. The molecule has 1 heterocycles. The average Bonchev–Trinajstić information content (AvgIpc) is 2.79. The predicted molar refractivity (Wildman–Crippen MR) is 81.7 cm³/mol. The van der Waals surface area contributed by atoms with Gasteiger partial charge < -0.3 is 9.88 Å². The predicted octanol–water partition coefficient (Wildman–Crippen LogP) is 1.39. The summed E-state index contributed by atoms with van der Waals surface area (Å²) >= 11 is 0. The molecule has 0 aromatic carbocycles. The second-order valence-corrected chi connectivity index (χ2v) is 6.16. The van der Waals surface area contributed by atoms with Crippen molar-refractivity contribution >= 4 is 5.91 Å². The lowest BCUT2D eigenvalue weighted by Crippen LogP contribution is -2.47. The number of carbonyl (C=O) groups excluding carboxylic acids is 1. The molecule has 2 rings (SSSR count). The molecule has 1 aliphatic carbocycles. The lowest BCUT2D eigenvalue weighted by Gasteiger charge is -2.28. The summed E-state index contributed by atoms with van der Waals surface area (Å²) in [6, 6.07) is 0.197. The quantitative estimate of drug-likeness (QED) is 0.891. The minimum absolute atomic E-state index is 0.114. The van der Waals surface area contributed by atoms with Crippen LogP contribution in [-0.4, -0.2) is 44.7 Å². The highest BCUT2D eigenvalue weighted by atomic mass is 16.2. The van der Waals surface area contributed by atoms with Gasteiger partial charge in [-0.15, -0.1) is 10.2 Å². The van der Waals surface area contributed by atoms with E-state index in [4.69, 9.17) is 0 Å². The summed E-state index contributed by atoms with van der Waals surface area (Å²) in [4.78, 5) is 14.4. The molecule has 1 amide bonds. The van der Waals surface area contributed by atoms with Crippen molar-refractivity contribution in [2.24, 2.45) is 7.05 Å². The molecule has 1 aliphatic rings. The van der Waals surface area contributed by atoms with Gasteiger partial charge in [-0.3, -0.25) is 9.69 Å². The van der Waals surface area contributed by atoms with E-state index in [2.05, 4.69) is 15.5 Å². The van der Waals surface area contributed by atoms with Crippen LogP contribution in [-0.2, 0) is 18.4 Å². The van der Waals surface area contributed by atoms with E-state index in [-0.39, 0.29) is 11.9 Å². The Morgan fingerprint density at radius 1 is 1.38 bits per heavy atom. The third-order valence-corrected chi connectivity index (χ3v) is 4.57. The first kappa shape index (κ1) is 15.9. The molecule has 0 spiro atoms. The number of aryl methyl sites for hydroxylation is 1. The van der Waals surface area contributed by atoms with E-state index in [1.54, 1.807) is 0 Å². The molecule has 6 heteroatoms. The van der Waals surface area contributed by atoms with Crippen LogP contribution in [0.3, 0.4) is 0 Å². The molecule has 1 saturated carbocycles. The van der Waals surface area contributed by atoms with Crippen molar-refractivity contribution < 1.29 is 4.79 Å². The van der Waals surface area contributed by atoms with Gasteiger partial charge in [0.15, 0.2) is 0 Å². The van der Waals surface area contributed by atoms with Gasteiger partial charge in [0.1, 0.15) is 11.6 Å². The minimum atomic E-state index is -0.163. The van der Waals surface area contributed by atoms with Gasteiger partial charge in [0.2, 0.25) is 5.91 Å². The SMILES string of the molecule is Cc1nnc(CN(C)[C@@H](C)C(=O)NC2CCCCC2)n1C. The van der Waals surface area contributed by atoms with Crippen LogP contribution in [0, 0.1) is 6.92 Å². The van der Waals surface area contributed by atoms with Crippen molar-refractivity contribution in [2.75, 3.05) is 7.05 Å². The molecular formula is C15H27N5O. The summed E-state index contributed by atoms with van der Waals surface area (Å²) in [5.74, 6) is 1.88. The van der Waals surface area contributed by atoms with Crippen molar-refractivity contribution in [3.8, 4) is 0 Å². The molecule has 1 atom stereocenters. The van der Waals surface area contributed by atoms with Crippen molar-refractivity contribution in [1.82, 2.24) is 25.0 Å². The molecule has 1 aromatic rings. The molecule has 0 radical (unpaired) electrons. The summed E-state index contributed by atoms with van der Waals surface area (Å²) in [6.45, 7) is 4.49. The van der Waals surface area contributed by atoms with Gasteiger partial charge in [0, 0.05) is 13.1 Å². The summed E-state index contributed by atoms with van der Waals surface area (Å²) in [6.07, 6.45) is 5.99. The topological polar surface area (TPSA) is 63.1 Å². The normalized spacial score (nSPS) is 18.0. The second kappa shape index (κ2) is 7.02. The van der Waals surface area contributed by atoms with Gasteiger partial charge in [0.05, 0.1) is 12.6 Å². The molecule has 0 saturated heterocycles. The Morgan fingerprint density at radius 3 is 2.62 bits per heavy atom. The number of carbonyl (C=O) groups is 1. The lowest BCUT2D eigenvalue weighted by molar-refractivity contribution is -0.126. The van der Waals surface area contributed by atoms with Crippen LogP contribution in [0.15, 0.2) is 0 Å². The second-order valence-electron chi connectivity index (χ2n) is 6.16. The van der Waals surface area contributed by atoms with Crippen LogP contribution in [0.1, 0.15) is 50.7 Å². The third kappa shape index (κ3) is 4.03. The number of rotatable bonds is 5. The minimum Gasteiger partial charge on any atom is -0.352 e. The molecule has 1 N–H and O–H groups in total. The van der Waals surface area contributed by atoms with E-state index in [1.165, 1.54) is 19.3 Å². The fourth-order valence-corrected chi connectivity index (χ4v) is 2.72. The number of amides is 1. The summed E-state index contributed by atoms with van der Waals surface area (Å²) in [7, 11) is 3.90. The number of nitrogens with one attached hydrogen (secondary N) is 1. The molecule has 6 nitrogen and oxygen atoms in total. The smallest absolute Gasteiger partial charge is 0.237 e. The van der Waals surface area contributed by atoms with Gasteiger partial charge in [-0.25, -0.2) is 0 Å². The van der Waals surface area contributed by atoms with E-state index in [9.17, 15) is 4.79 Å². The van der Waals surface area contributed by atoms with Gasteiger partial charge in [0.25, 0.3) is 0 Å². The molecule has 118 valence electrons. The number of hydrogen-bond donors (Lipinski definition) is 1. The highest BCUT2D eigenvalue weighted by Crippen LogP contribution is 2.17. The van der Waals surface area contributed by atoms with Crippen LogP contribution in [0.2, 0.25) is 0 Å². The van der Waals surface area contributed by atoms with E-state index >= 15 is 0 Å². The molecule has 1 aromatic heterocycles. The fraction of sp³-hybridized carbons (Fsp3) is 0.800. The van der Waals surface area contributed by atoms with Crippen LogP contribution >= 0.6 is 0 Å². The van der Waals surface area contributed by atoms with Crippen molar-refractivity contribution in [3.63, 3.8) is 0 Å². The Bertz CT molecular complexity index is 478. The third-order valence-electron chi connectivity index (χ3n) is 4.57. The van der Waals surface area contributed by atoms with Crippen LogP contribution in [0.4, 0.5) is 0 Å². The largest absolute Gasteiger partial charge is 0.352 e. The van der Waals surface area contributed by atoms with Crippen molar-refractivity contribution in [1.29, 1.82) is 0 Å². The van der Waals surface area contributed by atoms with Gasteiger partial charge in [-0.05, 0) is 33.7 Å².